The van der Waals surface area contributed by atoms with Gasteiger partial charge in [-0.1, -0.05) is 48.2 Å². The Morgan fingerprint density at radius 1 is 1.07 bits per heavy atom. The Morgan fingerprint density at radius 2 is 1.79 bits per heavy atom. The van der Waals surface area contributed by atoms with Gasteiger partial charge in [0.05, 0.1) is 5.56 Å². The van der Waals surface area contributed by atoms with Crippen molar-refractivity contribution in [2.75, 3.05) is 11.1 Å². The molecule has 0 saturated carbocycles. The number of anilines is 2. The Morgan fingerprint density at radius 3 is 2.45 bits per heavy atom. The second-order valence-corrected chi connectivity index (χ2v) is 7.27. The van der Waals surface area contributed by atoms with Gasteiger partial charge < -0.3 is 11.1 Å². The van der Waals surface area contributed by atoms with Crippen LogP contribution in [-0.4, -0.2) is 15.9 Å². The highest BCUT2D eigenvalue weighted by Crippen LogP contribution is 2.36. The number of halogens is 3. The van der Waals surface area contributed by atoms with Crippen LogP contribution in [-0.2, 0) is 11.0 Å². The molecule has 0 aliphatic carbocycles. The summed E-state index contributed by atoms with van der Waals surface area (Å²) in [5.41, 5.74) is 6.27. The highest BCUT2D eigenvalue weighted by Gasteiger charge is 2.31. The average molecular weight is 418 g/mol. The van der Waals surface area contributed by atoms with Crippen molar-refractivity contribution < 1.29 is 18.0 Å². The SMILES string of the molecule is Cc1cc(N)nc(SC(C(=O)Nc2cccc(C(F)(F)F)c2)c2ccccc2)n1. The molecular formula is C20H17F3N4OS. The lowest BCUT2D eigenvalue weighted by Gasteiger charge is -2.17. The molecule has 0 fully saturated rings. The number of nitrogens with one attached hydrogen (secondary N) is 1. The Hall–Kier alpha value is -3.07. The van der Waals surface area contributed by atoms with Crippen molar-refractivity contribution in [3.63, 3.8) is 0 Å². The normalized spacial score (nSPS) is 12.4. The number of hydrogen-bond acceptors (Lipinski definition) is 5. The summed E-state index contributed by atoms with van der Waals surface area (Å²) in [7, 11) is 0. The molecule has 3 rings (SSSR count). The zero-order chi connectivity index (χ0) is 21.0. The fourth-order valence-corrected chi connectivity index (χ4v) is 3.63. The second kappa shape index (κ2) is 8.52. The third-order valence-electron chi connectivity index (χ3n) is 3.87. The van der Waals surface area contributed by atoms with E-state index in [9.17, 15) is 18.0 Å². The minimum absolute atomic E-state index is 0.0519. The van der Waals surface area contributed by atoms with Crippen LogP contribution < -0.4 is 11.1 Å². The fraction of sp³-hybridized carbons (Fsp3) is 0.150. The van der Waals surface area contributed by atoms with Gasteiger partial charge in [-0.2, -0.15) is 13.2 Å². The molecule has 0 spiro atoms. The molecule has 0 aliphatic heterocycles. The number of aryl methyl sites for hydroxylation is 1. The van der Waals surface area contributed by atoms with Gasteiger partial charge in [-0.15, -0.1) is 0 Å². The van der Waals surface area contributed by atoms with E-state index in [1.807, 2.05) is 0 Å². The van der Waals surface area contributed by atoms with Gasteiger partial charge in [-0.05, 0) is 30.7 Å². The zero-order valence-electron chi connectivity index (χ0n) is 15.3. The lowest BCUT2D eigenvalue weighted by atomic mass is 10.1. The van der Waals surface area contributed by atoms with Crippen molar-refractivity contribution in [1.82, 2.24) is 9.97 Å². The van der Waals surface area contributed by atoms with Crippen molar-refractivity contribution in [3.8, 4) is 0 Å². The number of nitrogen functional groups attached to an aromatic ring is 1. The molecule has 1 aromatic heterocycles. The number of thioether (sulfide) groups is 1. The number of benzene rings is 2. The lowest BCUT2D eigenvalue weighted by Crippen LogP contribution is -2.20. The van der Waals surface area contributed by atoms with E-state index in [1.165, 1.54) is 12.1 Å². The monoisotopic (exact) mass is 418 g/mol. The maximum Gasteiger partial charge on any atom is 0.416 e. The van der Waals surface area contributed by atoms with Crippen LogP contribution in [0.15, 0.2) is 65.8 Å². The molecule has 150 valence electrons. The van der Waals surface area contributed by atoms with Gasteiger partial charge in [0, 0.05) is 17.4 Å². The molecule has 29 heavy (non-hydrogen) atoms. The third-order valence-corrected chi connectivity index (χ3v) is 4.99. The molecule has 5 nitrogen and oxygen atoms in total. The first kappa shape index (κ1) is 20.7. The van der Waals surface area contributed by atoms with Crippen molar-refractivity contribution >= 4 is 29.2 Å². The van der Waals surface area contributed by atoms with Crippen LogP contribution in [0.25, 0.3) is 0 Å². The minimum atomic E-state index is -4.50. The van der Waals surface area contributed by atoms with Gasteiger partial charge in [-0.3, -0.25) is 4.79 Å². The van der Waals surface area contributed by atoms with E-state index < -0.39 is 22.9 Å². The Balaban J connectivity index is 1.89. The lowest BCUT2D eigenvalue weighted by molar-refractivity contribution is -0.137. The molecule has 2 aromatic carbocycles. The zero-order valence-corrected chi connectivity index (χ0v) is 16.1. The Bertz CT molecular complexity index is 992. The maximum atomic E-state index is 12.9. The van der Waals surface area contributed by atoms with Crippen molar-refractivity contribution in [1.29, 1.82) is 0 Å². The van der Waals surface area contributed by atoms with Gasteiger partial charge in [0.2, 0.25) is 5.91 Å². The molecule has 9 heteroatoms. The molecule has 0 saturated heterocycles. The fourth-order valence-electron chi connectivity index (χ4n) is 2.60. The van der Waals surface area contributed by atoms with Gasteiger partial charge in [0.25, 0.3) is 0 Å². The number of nitrogens with two attached hydrogens (primary N) is 1. The summed E-state index contributed by atoms with van der Waals surface area (Å²) in [5.74, 6) is -0.227. The summed E-state index contributed by atoms with van der Waals surface area (Å²) in [6, 6.07) is 14.9. The third kappa shape index (κ3) is 5.47. The quantitative estimate of drug-likeness (QED) is 0.457. The summed E-state index contributed by atoms with van der Waals surface area (Å²) in [4.78, 5) is 21.4. The van der Waals surface area contributed by atoms with E-state index in [4.69, 9.17) is 5.73 Å². The molecule has 1 heterocycles. The molecule has 1 atom stereocenters. The first-order valence-electron chi connectivity index (χ1n) is 8.53. The summed E-state index contributed by atoms with van der Waals surface area (Å²) in [5, 5.41) is 2.07. The first-order valence-corrected chi connectivity index (χ1v) is 9.41. The molecule has 0 bridgehead atoms. The molecule has 0 aliphatic rings. The van der Waals surface area contributed by atoms with Crippen LogP contribution in [0, 0.1) is 6.92 Å². The van der Waals surface area contributed by atoms with E-state index in [0.29, 0.717) is 16.4 Å². The maximum absolute atomic E-state index is 12.9. The summed E-state index contributed by atoms with van der Waals surface area (Å²) in [6.45, 7) is 1.75. The van der Waals surface area contributed by atoms with E-state index in [-0.39, 0.29) is 11.5 Å². The van der Waals surface area contributed by atoms with Crippen molar-refractivity contribution in [2.24, 2.45) is 0 Å². The Kier molecular flexibility index (Phi) is 6.07. The highest BCUT2D eigenvalue weighted by molar-refractivity contribution is 8.00. The molecule has 1 unspecified atom stereocenters. The van der Waals surface area contributed by atoms with Crippen molar-refractivity contribution in [2.45, 2.75) is 23.5 Å². The summed E-state index contributed by atoms with van der Waals surface area (Å²) in [6.07, 6.45) is -4.50. The summed E-state index contributed by atoms with van der Waals surface area (Å²) >= 11 is 1.07. The number of rotatable bonds is 5. The predicted octanol–water partition coefficient (Wildman–Crippen LogP) is 4.86. The number of carbonyl (C=O) groups excluding carboxylic acids is 1. The highest BCUT2D eigenvalue weighted by atomic mass is 32.2. The molecule has 0 radical (unpaired) electrons. The van der Waals surface area contributed by atoms with Crippen LogP contribution in [0.1, 0.15) is 22.1 Å². The number of aromatic nitrogens is 2. The van der Waals surface area contributed by atoms with Crippen LogP contribution in [0.4, 0.5) is 24.7 Å². The van der Waals surface area contributed by atoms with Gasteiger partial charge in [-0.25, -0.2) is 9.97 Å². The topological polar surface area (TPSA) is 80.9 Å². The van der Waals surface area contributed by atoms with Crippen LogP contribution in [0.2, 0.25) is 0 Å². The van der Waals surface area contributed by atoms with E-state index >= 15 is 0 Å². The van der Waals surface area contributed by atoms with Gasteiger partial charge >= 0.3 is 6.18 Å². The van der Waals surface area contributed by atoms with Crippen LogP contribution in [0.3, 0.4) is 0 Å². The second-order valence-electron chi connectivity index (χ2n) is 6.19. The van der Waals surface area contributed by atoms with E-state index in [2.05, 4.69) is 15.3 Å². The van der Waals surface area contributed by atoms with Gasteiger partial charge in [0.15, 0.2) is 5.16 Å². The number of amides is 1. The smallest absolute Gasteiger partial charge is 0.384 e. The molecule has 3 N–H and O–H groups in total. The number of carbonyl (C=O) groups is 1. The molecule has 1 amide bonds. The van der Waals surface area contributed by atoms with Crippen LogP contribution >= 0.6 is 11.8 Å². The molecule has 3 aromatic rings. The predicted molar refractivity (Wildman–Crippen MR) is 106 cm³/mol. The number of hydrogen-bond donors (Lipinski definition) is 2. The van der Waals surface area contributed by atoms with Crippen molar-refractivity contribution in [3.05, 3.63) is 77.5 Å². The van der Waals surface area contributed by atoms with E-state index in [1.54, 1.807) is 43.3 Å². The number of alkyl halides is 3. The Labute approximate surface area is 169 Å². The average Bonchev–Trinajstić information content (AvgIpc) is 2.65. The number of nitrogens with zero attached hydrogens (tertiary/aromatic N) is 2. The standard InChI is InChI=1S/C20H17F3N4OS/c1-12-10-16(24)27-19(25-12)29-17(13-6-3-2-4-7-13)18(28)26-15-9-5-8-14(11-15)20(21,22)23/h2-11,17H,1H3,(H,26,28)(H2,24,25,27). The largest absolute Gasteiger partial charge is 0.416 e. The molecular weight excluding hydrogens is 401 g/mol. The van der Waals surface area contributed by atoms with Gasteiger partial charge in [0.1, 0.15) is 11.1 Å². The van der Waals surface area contributed by atoms with Crippen LogP contribution in [0.5, 0.6) is 0 Å². The summed E-state index contributed by atoms with van der Waals surface area (Å²) < 4.78 is 38.8. The van der Waals surface area contributed by atoms with E-state index in [0.717, 1.165) is 23.9 Å². The first-order chi connectivity index (χ1) is 13.7. The minimum Gasteiger partial charge on any atom is -0.384 e.